The van der Waals surface area contributed by atoms with E-state index in [1.807, 2.05) is 55.0 Å². The summed E-state index contributed by atoms with van der Waals surface area (Å²) < 4.78 is 16.5. The molecule has 0 saturated heterocycles. The van der Waals surface area contributed by atoms with Gasteiger partial charge in [-0.15, -0.1) is 10.2 Å². The van der Waals surface area contributed by atoms with Crippen LogP contribution in [-0.4, -0.2) is 29.7 Å². The van der Waals surface area contributed by atoms with Crippen LogP contribution < -0.4 is 9.47 Å². The van der Waals surface area contributed by atoms with Gasteiger partial charge in [0.15, 0.2) is 0 Å². The van der Waals surface area contributed by atoms with Gasteiger partial charge in [-0.3, -0.25) is 14.5 Å². The van der Waals surface area contributed by atoms with Gasteiger partial charge in [-0.05, 0) is 126 Å². The maximum Gasteiger partial charge on any atom is 0.254 e. The molecule has 4 heterocycles. The second-order valence-electron chi connectivity index (χ2n) is 19.3. The molecule has 0 aliphatic carbocycles. The molecule has 8 aromatic rings. The van der Waals surface area contributed by atoms with Crippen LogP contribution in [-0.2, 0) is 25.7 Å². The van der Waals surface area contributed by atoms with Gasteiger partial charge in [0.25, 0.3) is 5.95 Å². The molecule has 4 aromatic heterocycles. The van der Waals surface area contributed by atoms with Gasteiger partial charge < -0.3 is 9.47 Å². The lowest BCUT2D eigenvalue weighted by molar-refractivity contribution is 0.461. The highest BCUT2D eigenvalue weighted by Crippen LogP contribution is 2.43. The van der Waals surface area contributed by atoms with Gasteiger partial charge in [-0.25, -0.2) is 4.98 Å². The van der Waals surface area contributed by atoms with Crippen LogP contribution in [0.4, 0.5) is 0 Å². The second-order valence-corrected chi connectivity index (χ2v) is 19.3. The van der Waals surface area contributed by atoms with E-state index in [-0.39, 0.29) is 5.92 Å². The summed E-state index contributed by atoms with van der Waals surface area (Å²) >= 11 is 0. The van der Waals surface area contributed by atoms with Crippen LogP contribution in [0.25, 0.3) is 50.3 Å². The van der Waals surface area contributed by atoms with Gasteiger partial charge in [-0.2, -0.15) is 0 Å². The minimum absolute atomic E-state index is 0.188. The third-order valence-electron chi connectivity index (χ3n) is 11.5. The number of fused-ring (bicyclic) bond motifs is 3. The maximum atomic E-state index is 7.19. The van der Waals surface area contributed by atoms with Crippen LogP contribution in [0.15, 0.2) is 116 Å². The zero-order valence-electron chi connectivity index (χ0n) is 39.2. The third-order valence-corrected chi connectivity index (χ3v) is 11.5. The van der Waals surface area contributed by atoms with Crippen LogP contribution in [0.5, 0.6) is 23.0 Å². The van der Waals surface area contributed by atoms with E-state index in [4.69, 9.17) is 19.6 Å². The molecule has 0 amide bonds. The molecule has 0 N–H and O–H groups in total. The van der Waals surface area contributed by atoms with Gasteiger partial charge in [0.05, 0.1) is 34.3 Å². The summed E-state index contributed by atoms with van der Waals surface area (Å²) in [5, 5.41) is 11.7. The number of rotatable bonds is 16. The maximum absolute atomic E-state index is 7.19. The third kappa shape index (κ3) is 9.86. The summed E-state index contributed by atoms with van der Waals surface area (Å²) in [5.41, 5.74) is 11.2. The van der Waals surface area contributed by atoms with Crippen LogP contribution in [0.3, 0.4) is 0 Å². The van der Waals surface area contributed by atoms with Crippen LogP contribution in [0, 0.1) is 23.7 Å². The Balaban J connectivity index is 1.37. The molecule has 0 saturated carbocycles. The summed E-state index contributed by atoms with van der Waals surface area (Å²) in [7, 11) is 0. The quantitative estimate of drug-likeness (QED) is 0.0956. The summed E-state index contributed by atoms with van der Waals surface area (Å²) in [5.74, 6) is 5.63. The van der Waals surface area contributed by atoms with Crippen molar-refractivity contribution in [2.24, 2.45) is 23.7 Å². The molecule has 0 radical (unpaired) electrons. The predicted octanol–water partition coefficient (Wildman–Crippen LogP) is 14.6. The highest BCUT2D eigenvalue weighted by atomic mass is 16.5. The van der Waals surface area contributed by atoms with Crippen molar-refractivity contribution in [1.29, 1.82) is 0 Å². The lowest BCUT2D eigenvalue weighted by Gasteiger charge is -2.18. The Kier molecular flexibility index (Phi) is 13.2. The van der Waals surface area contributed by atoms with E-state index in [1.54, 1.807) is 0 Å². The molecular weight excluding hydrogens is 789 g/mol. The molecule has 8 nitrogen and oxygen atoms in total. The molecule has 0 unspecified atom stereocenters. The fourth-order valence-electron chi connectivity index (χ4n) is 8.55. The summed E-state index contributed by atoms with van der Waals surface area (Å²) in [6.07, 6.45) is 8.96. The number of pyridine rings is 2. The standard InChI is InChI=1S/C56H62N6O2/c1-34(2)23-41-19-17-39(47-15-11-13-21-57-47)29-52(41)63-54-31-50-45(27-43(54)25-36(5)6)46-28-44(26-37(7)8)55(32-51(46)62(50)56-59-33-49(38(9)10)60-61-56)64-53-30-40(48-16-12-14-22-58-48)18-20-42(53)24-35(3)4/h11-22,27-38H,23-26H2,1-10H3. The Hall–Kier alpha value is -6.41. The summed E-state index contributed by atoms with van der Waals surface area (Å²) in [6, 6.07) is 34.1. The lowest BCUT2D eigenvalue weighted by atomic mass is 9.97. The molecule has 328 valence electrons. The highest BCUT2D eigenvalue weighted by molar-refractivity contribution is 6.10. The Morgan fingerprint density at radius 2 is 0.891 bits per heavy atom. The van der Waals surface area contributed by atoms with E-state index in [1.165, 1.54) is 0 Å². The van der Waals surface area contributed by atoms with Gasteiger partial charge in [-0.1, -0.05) is 106 Å². The van der Waals surface area contributed by atoms with Crippen molar-refractivity contribution in [3.8, 4) is 51.5 Å². The first-order chi connectivity index (χ1) is 30.8. The normalized spacial score (nSPS) is 11.9. The molecule has 0 aliphatic heterocycles. The largest absolute Gasteiger partial charge is 0.457 e. The summed E-state index contributed by atoms with van der Waals surface area (Å²) in [6.45, 7) is 22.3. The van der Waals surface area contributed by atoms with Crippen molar-refractivity contribution in [3.63, 3.8) is 0 Å². The Morgan fingerprint density at radius 3 is 1.27 bits per heavy atom. The number of ether oxygens (including phenoxy) is 2. The zero-order valence-corrected chi connectivity index (χ0v) is 39.2. The molecule has 0 bridgehead atoms. The molecule has 8 heteroatoms. The molecule has 64 heavy (non-hydrogen) atoms. The van der Waals surface area contributed by atoms with E-state index in [0.29, 0.717) is 29.6 Å². The fraction of sp³-hybridized carbons (Fsp3) is 0.339. The van der Waals surface area contributed by atoms with Gasteiger partial charge in [0.2, 0.25) is 0 Å². The first-order valence-corrected chi connectivity index (χ1v) is 23.1. The molecule has 0 fully saturated rings. The predicted molar refractivity (Wildman–Crippen MR) is 262 cm³/mol. The number of aromatic nitrogens is 6. The molecule has 0 spiro atoms. The van der Waals surface area contributed by atoms with Gasteiger partial charge in [0.1, 0.15) is 23.0 Å². The monoisotopic (exact) mass is 850 g/mol. The first kappa shape index (κ1) is 44.2. The van der Waals surface area contributed by atoms with E-state index < -0.39 is 0 Å². The number of hydrogen-bond donors (Lipinski definition) is 0. The number of hydrogen-bond acceptors (Lipinski definition) is 7. The van der Waals surface area contributed by atoms with Crippen LogP contribution in [0.1, 0.15) is 103 Å². The van der Waals surface area contributed by atoms with Crippen molar-refractivity contribution in [2.75, 3.05) is 0 Å². The second kappa shape index (κ2) is 19.1. The number of benzene rings is 4. The molecule has 0 aliphatic rings. The van der Waals surface area contributed by atoms with E-state index in [2.05, 4.69) is 150 Å². The Morgan fingerprint density at radius 1 is 0.453 bits per heavy atom. The van der Waals surface area contributed by atoms with Crippen molar-refractivity contribution in [1.82, 2.24) is 29.7 Å². The van der Waals surface area contributed by atoms with Crippen molar-refractivity contribution < 1.29 is 9.47 Å². The molecule has 8 rings (SSSR count). The average molecular weight is 851 g/mol. The van der Waals surface area contributed by atoms with Crippen LogP contribution >= 0.6 is 0 Å². The first-order valence-electron chi connectivity index (χ1n) is 23.1. The van der Waals surface area contributed by atoms with Crippen LogP contribution in [0.2, 0.25) is 0 Å². The smallest absolute Gasteiger partial charge is 0.254 e. The molecule has 4 aromatic carbocycles. The summed E-state index contributed by atoms with van der Waals surface area (Å²) in [4.78, 5) is 14.3. The topological polar surface area (TPSA) is 87.8 Å². The van der Waals surface area contributed by atoms with E-state index in [9.17, 15) is 0 Å². The Bertz CT molecular complexity index is 2690. The molecular formula is C56H62N6O2. The van der Waals surface area contributed by atoms with E-state index in [0.717, 1.165) is 121 Å². The number of nitrogens with zero attached hydrogens (tertiary/aromatic N) is 6. The van der Waals surface area contributed by atoms with Crippen molar-refractivity contribution in [2.45, 2.75) is 101 Å². The van der Waals surface area contributed by atoms with Gasteiger partial charge in [0, 0.05) is 46.4 Å². The van der Waals surface area contributed by atoms with Crippen molar-refractivity contribution in [3.05, 3.63) is 144 Å². The highest BCUT2D eigenvalue weighted by Gasteiger charge is 2.24. The average Bonchev–Trinajstić information content (AvgIpc) is 3.56. The molecule has 0 atom stereocenters. The minimum Gasteiger partial charge on any atom is -0.457 e. The lowest BCUT2D eigenvalue weighted by Crippen LogP contribution is -2.06. The fourth-order valence-corrected chi connectivity index (χ4v) is 8.55. The van der Waals surface area contributed by atoms with Crippen molar-refractivity contribution >= 4 is 21.8 Å². The SMILES string of the molecule is CC(C)Cc1ccc(-c2ccccn2)cc1Oc1cc2c(cc1CC(C)C)c1cc(CC(C)C)c(Oc3cc(-c4ccccn4)ccc3CC(C)C)cc1n2-c1ncc(C(C)C)nn1. The Labute approximate surface area is 379 Å². The zero-order chi connectivity index (χ0) is 45.1. The van der Waals surface area contributed by atoms with Gasteiger partial charge >= 0.3 is 0 Å². The minimum atomic E-state index is 0.188. The van der Waals surface area contributed by atoms with E-state index >= 15 is 0 Å².